The van der Waals surface area contributed by atoms with Gasteiger partial charge in [-0.25, -0.2) is 4.39 Å². The monoisotopic (exact) mass is 273 g/mol. The Morgan fingerprint density at radius 2 is 2.20 bits per heavy atom. The molecule has 0 aromatic heterocycles. The molecule has 0 heterocycles. The first kappa shape index (κ1) is 12.7. The Morgan fingerprint density at radius 3 is 2.80 bits per heavy atom. The minimum Gasteiger partial charge on any atom is -0.317 e. The van der Waals surface area contributed by atoms with Gasteiger partial charge in [0.05, 0.1) is 4.47 Å². The van der Waals surface area contributed by atoms with Crippen molar-refractivity contribution in [3.05, 3.63) is 34.1 Å². The van der Waals surface area contributed by atoms with E-state index in [1.54, 1.807) is 6.07 Å². The summed E-state index contributed by atoms with van der Waals surface area (Å²) in [5.74, 6) is -0.176. The topological polar surface area (TPSA) is 12.0 Å². The third-order valence-electron chi connectivity index (χ3n) is 2.69. The molecule has 0 aliphatic carbocycles. The molecule has 0 saturated carbocycles. The van der Waals surface area contributed by atoms with E-state index in [1.807, 2.05) is 13.1 Å². The molecule has 0 aliphatic heterocycles. The smallest absolute Gasteiger partial charge is 0.137 e. The molecule has 0 amide bonds. The predicted octanol–water partition coefficient (Wildman–Crippen LogP) is 3.52. The maximum Gasteiger partial charge on any atom is 0.137 e. The lowest BCUT2D eigenvalue weighted by atomic mass is 10.0. The molecule has 1 N–H and O–H groups in total. The van der Waals surface area contributed by atoms with Crippen LogP contribution in [-0.2, 0) is 6.42 Å². The molecule has 1 atom stereocenters. The van der Waals surface area contributed by atoms with Gasteiger partial charge in [-0.15, -0.1) is 0 Å². The van der Waals surface area contributed by atoms with Gasteiger partial charge in [-0.05, 0) is 53.9 Å². The van der Waals surface area contributed by atoms with Crippen LogP contribution in [0.2, 0.25) is 0 Å². The zero-order chi connectivity index (χ0) is 11.3. The molecular formula is C12H17BrFN. The molecular weight excluding hydrogens is 257 g/mol. The Labute approximate surface area is 99.2 Å². The highest BCUT2D eigenvalue weighted by atomic mass is 79.9. The van der Waals surface area contributed by atoms with Crippen LogP contribution in [0.15, 0.2) is 22.7 Å². The Hall–Kier alpha value is -0.410. The molecule has 0 spiro atoms. The molecule has 3 heteroatoms. The Morgan fingerprint density at radius 1 is 1.47 bits per heavy atom. The molecule has 15 heavy (non-hydrogen) atoms. The van der Waals surface area contributed by atoms with Crippen molar-refractivity contribution in [1.29, 1.82) is 0 Å². The lowest BCUT2D eigenvalue weighted by Gasteiger charge is -2.14. The molecule has 0 bridgehead atoms. The molecule has 84 valence electrons. The average Bonchev–Trinajstić information content (AvgIpc) is 2.25. The third-order valence-corrected chi connectivity index (χ3v) is 3.58. The predicted molar refractivity (Wildman–Crippen MR) is 65.6 cm³/mol. The van der Waals surface area contributed by atoms with E-state index in [0.717, 1.165) is 24.8 Å². The second kappa shape index (κ2) is 6.23. The molecule has 0 aliphatic rings. The van der Waals surface area contributed by atoms with Crippen LogP contribution < -0.4 is 5.32 Å². The summed E-state index contributed by atoms with van der Waals surface area (Å²) in [6.45, 7) is 2.15. The van der Waals surface area contributed by atoms with Crippen molar-refractivity contribution in [2.24, 2.45) is 0 Å². The summed E-state index contributed by atoms with van der Waals surface area (Å²) in [6, 6.07) is 5.72. The fourth-order valence-corrected chi connectivity index (χ4v) is 2.09. The number of hydrogen-bond acceptors (Lipinski definition) is 1. The first-order chi connectivity index (χ1) is 7.19. The normalized spacial score (nSPS) is 12.8. The zero-order valence-electron chi connectivity index (χ0n) is 9.19. The standard InChI is InChI=1S/C12H17BrFN/c1-3-10(15-2)8-7-9-5-4-6-11(14)12(9)13/h4-6,10,15H,3,7-8H2,1-2H3. The van der Waals surface area contributed by atoms with Crippen LogP contribution in [0.5, 0.6) is 0 Å². The van der Waals surface area contributed by atoms with E-state index < -0.39 is 0 Å². The zero-order valence-corrected chi connectivity index (χ0v) is 10.8. The first-order valence-corrected chi connectivity index (χ1v) is 6.08. The summed E-state index contributed by atoms with van der Waals surface area (Å²) in [5.41, 5.74) is 1.05. The molecule has 1 rings (SSSR count). The van der Waals surface area contributed by atoms with Crippen molar-refractivity contribution < 1.29 is 4.39 Å². The van der Waals surface area contributed by atoms with Gasteiger partial charge in [-0.3, -0.25) is 0 Å². The van der Waals surface area contributed by atoms with Crippen LogP contribution in [0.4, 0.5) is 4.39 Å². The number of aryl methyl sites for hydroxylation is 1. The Balaban J connectivity index is 2.61. The van der Waals surface area contributed by atoms with Crippen molar-refractivity contribution in [1.82, 2.24) is 5.32 Å². The van der Waals surface area contributed by atoms with Crippen molar-refractivity contribution >= 4 is 15.9 Å². The highest BCUT2D eigenvalue weighted by molar-refractivity contribution is 9.10. The summed E-state index contributed by atoms with van der Waals surface area (Å²) in [6.07, 6.45) is 3.04. The van der Waals surface area contributed by atoms with Crippen LogP contribution in [0.25, 0.3) is 0 Å². The van der Waals surface area contributed by atoms with Crippen molar-refractivity contribution in [2.45, 2.75) is 32.2 Å². The van der Waals surface area contributed by atoms with Crippen LogP contribution in [0, 0.1) is 5.82 Å². The van der Waals surface area contributed by atoms with E-state index >= 15 is 0 Å². The average molecular weight is 274 g/mol. The van der Waals surface area contributed by atoms with Crippen LogP contribution in [0.3, 0.4) is 0 Å². The Bertz CT molecular complexity index is 310. The minimum atomic E-state index is -0.176. The molecule has 1 aromatic carbocycles. The van der Waals surface area contributed by atoms with Gasteiger partial charge in [-0.2, -0.15) is 0 Å². The fourth-order valence-electron chi connectivity index (χ4n) is 1.62. The fraction of sp³-hybridized carbons (Fsp3) is 0.500. The van der Waals surface area contributed by atoms with Gasteiger partial charge in [0.2, 0.25) is 0 Å². The van der Waals surface area contributed by atoms with Gasteiger partial charge < -0.3 is 5.32 Å². The minimum absolute atomic E-state index is 0.176. The number of halogens is 2. The second-order valence-corrected chi connectivity index (χ2v) is 4.44. The van der Waals surface area contributed by atoms with Crippen molar-refractivity contribution in [3.8, 4) is 0 Å². The summed E-state index contributed by atoms with van der Waals surface area (Å²) >= 11 is 3.28. The van der Waals surface area contributed by atoms with Gasteiger partial charge in [0.25, 0.3) is 0 Å². The van der Waals surface area contributed by atoms with Gasteiger partial charge >= 0.3 is 0 Å². The van der Waals surface area contributed by atoms with Gasteiger partial charge in [-0.1, -0.05) is 19.1 Å². The molecule has 1 aromatic rings. The van der Waals surface area contributed by atoms with E-state index in [-0.39, 0.29) is 5.82 Å². The van der Waals surface area contributed by atoms with E-state index in [9.17, 15) is 4.39 Å². The summed E-state index contributed by atoms with van der Waals surface area (Å²) in [7, 11) is 1.97. The maximum absolute atomic E-state index is 13.2. The van der Waals surface area contributed by atoms with E-state index in [4.69, 9.17) is 0 Å². The number of rotatable bonds is 5. The quantitative estimate of drug-likeness (QED) is 0.866. The van der Waals surface area contributed by atoms with Gasteiger partial charge in [0.15, 0.2) is 0 Å². The maximum atomic E-state index is 13.2. The Kier molecular flexibility index (Phi) is 5.26. The van der Waals surface area contributed by atoms with Crippen LogP contribution in [0.1, 0.15) is 25.3 Å². The molecule has 0 radical (unpaired) electrons. The molecule has 1 nitrogen and oxygen atoms in total. The summed E-state index contributed by atoms with van der Waals surface area (Å²) in [5, 5.41) is 3.25. The van der Waals surface area contributed by atoms with E-state index in [1.165, 1.54) is 6.07 Å². The SMILES string of the molecule is CCC(CCc1cccc(F)c1Br)NC. The highest BCUT2D eigenvalue weighted by Crippen LogP contribution is 2.22. The largest absolute Gasteiger partial charge is 0.317 e. The summed E-state index contributed by atoms with van der Waals surface area (Å²) in [4.78, 5) is 0. The molecule has 0 saturated heterocycles. The molecule has 1 unspecified atom stereocenters. The number of benzene rings is 1. The molecule has 0 fully saturated rings. The number of nitrogens with one attached hydrogen (secondary N) is 1. The third kappa shape index (κ3) is 3.58. The number of hydrogen-bond donors (Lipinski definition) is 1. The lowest BCUT2D eigenvalue weighted by molar-refractivity contribution is 0.507. The van der Waals surface area contributed by atoms with Crippen molar-refractivity contribution in [3.63, 3.8) is 0 Å². The lowest BCUT2D eigenvalue weighted by Crippen LogP contribution is -2.24. The van der Waals surface area contributed by atoms with E-state index in [2.05, 4.69) is 28.2 Å². The van der Waals surface area contributed by atoms with E-state index in [0.29, 0.717) is 10.5 Å². The summed E-state index contributed by atoms with van der Waals surface area (Å²) < 4.78 is 13.8. The van der Waals surface area contributed by atoms with Crippen molar-refractivity contribution in [2.75, 3.05) is 7.05 Å². The van der Waals surface area contributed by atoms with Gasteiger partial charge in [0, 0.05) is 6.04 Å². The van der Waals surface area contributed by atoms with Crippen LogP contribution in [-0.4, -0.2) is 13.1 Å². The van der Waals surface area contributed by atoms with Crippen LogP contribution >= 0.6 is 15.9 Å². The first-order valence-electron chi connectivity index (χ1n) is 5.29. The second-order valence-electron chi connectivity index (χ2n) is 3.65. The highest BCUT2D eigenvalue weighted by Gasteiger charge is 2.07. The van der Waals surface area contributed by atoms with Gasteiger partial charge in [0.1, 0.15) is 5.82 Å².